The summed E-state index contributed by atoms with van der Waals surface area (Å²) >= 11 is 0. The number of nitrogens with one attached hydrogen (secondary N) is 2. The van der Waals surface area contributed by atoms with Gasteiger partial charge in [-0.1, -0.05) is 20.8 Å². The van der Waals surface area contributed by atoms with E-state index >= 15 is 0 Å². The van der Waals surface area contributed by atoms with Crippen molar-refractivity contribution in [3.63, 3.8) is 0 Å². The van der Waals surface area contributed by atoms with E-state index in [9.17, 15) is 9.90 Å². The zero-order chi connectivity index (χ0) is 16.0. The number of rotatable bonds is 6. The molecule has 1 aliphatic heterocycles. The highest BCUT2D eigenvalue weighted by Crippen LogP contribution is 2.27. The highest BCUT2D eigenvalue weighted by Gasteiger charge is 2.36. The molecule has 1 saturated heterocycles. The van der Waals surface area contributed by atoms with Crippen LogP contribution < -0.4 is 10.6 Å². The van der Waals surface area contributed by atoms with Crippen LogP contribution in [0.15, 0.2) is 0 Å². The second-order valence-corrected chi connectivity index (χ2v) is 6.97. The molecule has 0 aromatic carbocycles. The quantitative estimate of drug-likeness (QED) is 0.596. The third kappa shape index (κ3) is 5.80. The summed E-state index contributed by atoms with van der Waals surface area (Å²) in [4.78, 5) is 11.0. The number of aliphatic hydroxyl groups excluding tert-OH is 1. The predicted molar refractivity (Wildman–Crippen MR) is 81.4 cm³/mol. The molecule has 0 aromatic heterocycles. The molecule has 0 spiro atoms. The Morgan fingerprint density at radius 2 is 1.90 bits per heavy atom. The van der Waals surface area contributed by atoms with Crippen molar-refractivity contribution in [3.8, 4) is 0 Å². The van der Waals surface area contributed by atoms with Crippen molar-refractivity contribution in [2.75, 3.05) is 20.3 Å². The highest BCUT2D eigenvalue weighted by atomic mass is 16.5. The molecule has 0 aromatic rings. The van der Waals surface area contributed by atoms with E-state index in [0.29, 0.717) is 12.3 Å². The molecule has 6 nitrogen and oxygen atoms in total. The molecule has 1 rings (SSSR count). The molecule has 1 unspecified atom stereocenters. The lowest BCUT2D eigenvalue weighted by molar-refractivity contribution is 0.0203. The summed E-state index contributed by atoms with van der Waals surface area (Å²) in [7, 11) is 1.80. The second-order valence-electron chi connectivity index (χ2n) is 6.97. The molecule has 0 aliphatic carbocycles. The summed E-state index contributed by atoms with van der Waals surface area (Å²) in [6.45, 7) is 7.53. The maximum Gasteiger partial charge on any atom is 0.404 e. The molecular formula is C15H30N2O4. The number of hydrogen-bond acceptors (Lipinski definition) is 4. The van der Waals surface area contributed by atoms with Gasteiger partial charge in [0.25, 0.3) is 0 Å². The van der Waals surface area contributed by atoms with Gasteiger partial charge in [-0.25, -0.2) is 4.79 Å². The molecule has 0 radical (unpaired) electrons. The van der Waals surface area contributed by atoms with Crippen molar-refractivity contribution in [1.29, 1.82) is 0 Å². The summed E-state index contributed by atoms with van der Waals surface area (Å²) in [5.41, 5.74) is -0.164. The van der Waals surface area contributed by atoms with Crippen LogP contribution in [0.1, 0.15) is 40.0 Å². The first-order valence-corrected chi connectivity index (χ1v) is 7.68. The first-order valence-electron chi connectivity index (χ1n) is 7.68. The van der Waals surface area contributed by atoms with Gasteiger partial charge in [-0.15, -0.1) is 0 Å². The van der Waals surface area contributed by atoms with E-state index < -0.39 is 18.2 Å². The molecule has 21 heavy (non-hydrogen) atoms. The first-order chi connectivity index (χ1) is 9.75. The highest BCUT2D eigenvalue weighted by molar-refractivity contribution is 5.65. The van der Waals surface area contributed by atoms with Crippen LogP contribution in [0, 0.1) is 11.3 Å². The third-order valence-corrected chi connectivity index (χ3v) is 4.23. The summed E-state index contributed by atoms with van der Waals surface area (Å²) in [5, 5.41) is 25.3. The summed E-state index contributed by atoms with van der Waals surface area (Å²) in [6.07, 6.45) is 0.628. The maximum atomic E-state index is 11.0. The van der Waals surface area contributed by atoms with Crippen molar-refractivity contribution >= 4 is 6.09 Å². The van der Waals surface area contributed by atoms with Gasteiger partial charge in [-0.2, -0.15) is 0 Å². The predicted octanol–water partition coefficient (Wildman–Crippen LogP) is 1.43. The zero-order valence-corrected chi connectivity index (χ0v) is 13.6. The lowest BCUT2D eigenvalue weighted by Gasteiger charge is -2.39. The molecule has 0 saturated carbocycles. The Kier molecular flexibility index (Phi) is 6.90. The van der Waals surface area contributed by atoms with Gasteiger partial charge in [0.1, 0.15) is 0 Å². The lowest BCUT2D eigenvalue weighted by atomic mass is 9.79. The Morgan fingerprint density at radius 1 is 1.33 bits per heavy atom. The van der Waals surface area contributed by atoms with Gasteiger partial charge in [-0.3, -0.25) is 0 Å². The number of likely N-dealkylation sites (N-methyl/N-ethyl adjacent to an activating group) is 1. The number of amides is 1. The van der Waals surface area contributed by atoms with E-state index in [1.54, 1.807) is 7.05 Å². The fourth-order valence-electron chi connectivity index (χ4n) is 3.13. The monoisotopic (exact) mass is 302 g/mol. The normalized spacial score (nSPS) is 21.6. The summed E-state index contributed by atoms with van der Waals surface area (Å²) < 4.78 is 5.33. The van der Waals surface area contributed by atoms with Crippen LogP contribution in [0.3, 0.4) is 0 Å². The van der Waals surface area contributed by atoms with Crippen molar-refractivity contribution in [2.45, 2.75) is 58.2 Å². The van der Waals surface area contributed by atoms with Crippen molar-refractivity contribution in [1.82, 2.24) is 10.6 Å². The van der Waals surface area contributed by atoms with Crippen LogP contribution in [-0.2, 0) is 4.74 Å². The standard InChI is InChI=1S/C15H30N2O4/c1-15(2,3)13(16-4)12(18)11(17-14(19)20)9-10-5-7-21-8-6-10/h10-13,16-18H,5-9H2,1-4H3,(H,19,20)/t11-,12+,13?/m0/s1. The Morgan fingerprint density at radius 3 is 2.33 bits per heavy atom. The lowest BCUT2D eigenvalue weighted by Crippen LogP contribution is -2.57. The van der Waals surface area contributed by atoms with E-state index in [4.69, 9.17) is 9.84 Å². The topological polar surface area (TPSA) is 90.8 Å². The largest absolute Gasteiger partial charge is 0.465 e. The van der Waals surface area contributed by atoms with Crippen LogP contribution in [0.4, 0.5) is 4.79 Å². The Balaban J connectivity index is 2.76. The number of hydrogen-bond donors (Lipinski definition) is 4. The average molecular weight is 302 g/mol. The van der Waals surface area contributed by atoms with E-state index in [-0.39, 0.29) is 11.5 Å². The van der Waals surface area contributed by atoms with Gasteiger partial charge in [0.05, 0.1) is 12.1 Å². The molecule has 124 valence electrons. The van der Waals surface area contributed by atoms with E-state index in [2.05, 4.69) is 10.6 Å². The molecule has 0 bridgehead atoms. The second kappa shape index (κ2) is 7.96. The number of aliphatic hydroxyl groups is 1. The number of carboxylic acid groups (broad SMARTS) is 1. The SMILES string of the molecule is CNC([C@H](O)[C@H](CC1CCOCC1)NC(=O)O)C(C)(C)C. The zero-order valence-electron chi connectivity index (χ0n) is 13.6. The minimum atomic E-state index is -1.09. The van der Waals surface area contributed by atoms with Crippen LogP contribution in [0.5, 0.6) is 0 Å². The minimum absolute atomic E-state index is 0.164. The van der Waals surface area contributed by atoms with Crippen LogP contribution >= 0.6 is 0 Å². The van der Waals surface area contributed by atoms with E-state index in [1.807, 2.05) is 20.8 Å². The first kappa shape index (κ1) is 18.2. The molecule has 4 N–H and O–H groups in total. The van der Waals surface area contributed by atoms with Gasteiger partial charge >= 0.3 is 6.09 Å². The van der Waals surface area contributed by atoms with Gasteiger partial charge in [0.15, 0.2) is 0 Å². The number of carbonyl (C=O) groups is 1. The maximum absolute atomic E-state index is 11.0. The van der Waals surface area contributed by atoms with Crippen LogP contribution in [-0.4, -0.2) is 54.8 Å². The minimum Gasteiger partial charge on any atom is -0.465 e. The van der Waals surface area contributed by atoms with Gasteiger partial charge in [0.2, 0.25) is 0 Å². The van der Waals surface area contributed by atoms with Crippen LogP contribution in [0.2, 0.25) is 0 Å². The average Bonchev–Trinajstić information content (AvgIpc) is 2.37. The smallest absolute Gasteiger partial charge is 0.404 e. The van der Waals surface area contributed by atoms with Crippen LogP contribution in [0.25, 0.3) is 0 Å². The molecule has 1 aliphatic rings. The molecule has 1 amide bonds. The van der Waals surface area contributed by atoms with Gasteiger partial charge in [0, 0.05) is 19.3 Å². The summed E-state index contributed by atoms with van der Waals surface area (Å²) in [6, 6.07) is -0.656. The number of ether oxygens (including phenoxy) is 1. The van der Waals surface area contributed by atoms with Gasteiger partial charge in [-0.05, 0) is 37.6 Å². The fraction of sp³-hybridized carbons (Fsp3) is 0.933. The fourth-order valence-corrected chi connectivity index (χ4v) is 3.13. The van der Waals surface area contributed by atoms with E-state index in [0.717, 1.165) is 26.1 Å². The summed E-state index contributed by atoms with van der Waals surface area (Å²) in [5.74, 6) is 0.391. The van der Waals surface area contributed by atoms with Crippen molar-refractivity contribution < 1.29 is 19.7 Å². The Labute approximate surface area is 127 Å². The van der Waals surface area contributed by atoms with Crippen molar-refractivity contribution in [2.24, 2.45) is 11.3 Å². The molecule has 1 heterocycles. The van der Waals surface area contributed by atoms with E-state index in [1.165, 1.54) is 0 Å². The van der Waals surface area contributed by atoms with Crippen molar-refractivity contribution in [3.05, 3.63) is 0 Å². The Bertz CT molecular complexity index is 324. The molecule has 6 heteroatoms. The molecular weight excluding hydrogens is 272 g/mol. The molecule has 1 fully saturated rings. The third-order valence-electron chi connectivity index (χ3n) is 4.23. The van der Waals surface area contributed by atoms with Gasteiger partial charge < -0.3 is 25.6 Å². The Hall–Kier alpha value is -0.850. The molecule has 3 atom stereocenters.